The highest BCUT2D eigenvalue weighted by Crippen LogP contribution is 2.41. The third-order valence-electron chi connectivity index (χ3n) is 5.71. The van der Waals surface area contributed by atoms with Crippen molar-refractivity contribution in [2.24, 2.45) is 0 Å². The SMILES string of the molecule is CCCOc1ccc(C2C(C(=O)c3sc(-c4ccccc4)nc3C)=C(O)C(=O)N2CCC)cc1. The van der Waals surface area contributed by atoms with Crippen molar-refractivity contribution in [2.75, 3.05) is 13.2 Å². The molecule has 0 fully saturated rings. The average Bonchev–Trinajstić information content (AvgIpc) is 3.36. The summed E-state index contributed by atoms with van der Waals surface area (Å²) in [6, 6.07) is 16.4. The summed E-state index contributed by atoms with van der Waals surface area (Å²) in [6.07, 6.45) is 1.60. The lowest BCUT2D eigenvalue weighted by molar-refractivity contribution is -0.129. The van der Waals surface area contributed by atoms with Crippen LogP contribution in [0, 0.1) is 6.92 Å². The molecule has 1 aromatic heterocycles. The van der Waals surface area contributed by atoms with Gasteiger partial charge in [0.2, 0.25) is 5.78 Å². The molecule has 6 nitrogen and oxygen atoms in total. The topological polar surface area (TPSA) is 79.7 Å². The molecule has 1 atom stereocenters. The number of aliphatic hydroxyl groups is 1. The van der Waals surface area contributed by atoms with Crippen LogP contribution >= 0.6 is 11.3 Å². The monoisotopic (exact) mass is 476 g/mol. The quantitative estimate of drug-likeness (QED) is 0.389. The number of thiazole rings is 1. The molecule has 7 heteroatoms. The second-order valence-corrected chi connectivity index (χ2v) is 9.21. The van der Waals surface area contributed by atoms with Crippen LogP contribution < -0.4 is 4.74 Å². The molecule has 3 aromatic rings. The maximum Gasteiger partial charge on any atom is 0.290 e. The van der Waals surface area contributed by atoms with Crippen LogP contribution in [-0.2, 0) is 4.79 Å². The van der Waals surface area contributed by atoms with E-state index in [0.29, 0.717) is 30.1 Å². The van der Waals surface area contributed by atoms with Gasteiger partial charge in [0, 0.05) is 12.1 Å². The van der Waals surface area contributed by atoms with Crippen molar-refractivity contribution in [3.63, 3.8) is 0 Å². The maximum absolute atomic E-state index is 13.8. The van der Waals surface area contributed by atoms with Gasteiger partial charge in [-0.1, -0.05) is 56.3 Å². The molecule has 1 unspecified atom stereocenters. The summed E-state index contributed by atoms with van der Waals surface area (Å²) >= 11 is 1.28. The molecule has 1 aliphatic rings. The first-order valence-electron chi connectivity index (χ1n) is 11.5. The number of hydrogen-bond acceptors (Lipinski definition) is 6. The number of aromatic nitrogens is 1. The van der Waals surface area contributed by atoms with E-state index in [-0.39, 0.29) is 11.4 Å². The molecule has 1 aliphatic heterocycles. The molecule has 1 N–H and O–H groups in total. The number of aryl methyl sites for hydroxylation is 1. The average molecular weight is 477 g/mol. The Balaban J connectivity index is 1.73. The summed E-state index contributed by atoms with van der Waals surface area (Å²) in [7, 11) is 0. The van der Waals surface area contributed by atoms with Gasteiger partial charge in [0.15, 0.2) is 5.76 Å². The summed E-state index contributed by atoms with van der Waals surface area (Å²) in [5.41, 5.74) is 2.36. The van der Waals surface area contributed by atoms with E-state index in [0.717, 1.165) is 28.3 Å². The summed E-state index contributed by atoms with van der Waals surface area (Å²) in [5, 5.41) is 11.6. The van der Waals surface area contributed by atoms with Gasteiger partial charge in [-0.15, -0.1) is 11.3 Å². The minimum Gasteiger partial charge on any atom is -0.503 e. The lowest BCUT2D eigenvalue weighted by Crippen LogP contribution is -2.31. The van der Waals surface area contributed by atoms with Gasteiger partial charge < -0.3 is 14.7 Å². The van der Waals surface area contributed by atoms with Gasteiger partial charge >= 0.3 is 0 Å². The van der Waals surface area contributed by atoms with Gasteiger partial charge in [0.1, 0.15) is 10.8 Å². The molecule has 0 radical (unpaired) electrons. The number of Topliss-reactive ketones (excluding diaryl/α,β-unsaturated/α-hetero) is 1. The minimum absolute atomic E-state index is 0.104. The van der Waals surface area contributed by atoms with Crippen LogP contribution in [0.15, 0.2) is 65.9 Å². The molecule has 176 valence electrons. The first-order chi connectivity index (χ1) is 16.5. The molecule has 0 aliphatic carbocycles. The first-order valence-corrected chi connectivity index (χ1v) is 12.3. The van der Waals surface area contributed by atoms with E-state index in [2.05, 4.69) is 4.98 Å². The number of ether oxygens (including phenoxy) is 1. The molecule has 34 heavy (non-hydrogen) atoms. The number of carbonyl (C=O) groups is 2. The van der Waals surface area contributed by atoms with Gasteiger partial charge in [-0.2, -0.15) is 0 Å². The van der Waals surface area contributed by atoms with Crippen LogP contribution in [0.25, 0.3) is 10.6 Å². The number of aliphatic hydroxyl groups excluding tert-OH is 1. The molecular weight excluding hydrogens is 448 g/mol. The van der Waals surface area contributed by atoms with E-state index in [1.165, 1.54) is 11.3 Å². The first kappa shape index (κ1) is 23.7. The van der Waals surface area contributed by atoms with E-state index >= 15 is 0 Å². The van der Waals surface area contributed by atoms with Crippen molar-refractivity contribution in [3.05, 3.63) is 82.1 Å². The molecule has 4 rings (SSSR count). The highest BCUT2D eigenvalue weighted by atomic mass is 32.1. The fraction of sp³-hybridized carbons (Fsp3) is 0.296. The fourth-order valence-electron chi connectivity index (χ4n) is 4.10. The minimum atomic E-state index is -0.665. The zero-order valence-electron chi connectivity index (χ0n) is 19.6. The standard InChI is InChI=1S/C27H28N2O4S/c1-4-15-29-22(18-11-13-20(14-12-18)33-16-5-2)21(24(31)27(29)32)23(30)25-17(3)28-26(34-25)19-9-7-6-8-10-19/h6-14,22,31H,4-5,15-16H2,1-3H3. The highest BCUT2D eigenvalue weighted by molar-refractivity contribution is 7.17. The molecule has 0 saturated carbocycles. The van der Waals surface area contributed by atoms with Crippen LogP contribution in [0.5, 0.6) is 5.75 Å². The Kier molecular flexibility index (Phi) is 7.12. The predicted molar refractivity (Wildman–Crippen MR) is 133 cm³/mol. The fourth-order valence-corrected chi connectivity index (χ4v) is 5.13. The summed E-state index contributed by atoms with van der Waals surface area (Å²) < 4.78 is 5.68. The Hall–Kier alpha value is -3.45. The zero-order valence-corrected chi connectivity index (χ0v) is 20.4. The zero-order chi connectivity index (χ0) is 24.2. The second kappa shape index (κ2) is 10.2. The van der Waals surface area contributed by atoms with Crippen molar-refractivity contribution in [1.29, 1.82) is 0 Å². The third kappa shape index (κ3) is 4.48. The molecule has 2 heterocycles. The third-order valence-corrected chi connectivity index (χ3v) is 6.91. The van der Waals surface area contributed by atoms with Crippen LogP contribution in [0.3, 0.4) is 0 Å². The largest absolute Gasteiger partial charge is 0.503 e. The Morgan fingerprint density at radius 3 is 2.44 bits per heavy atom. The van der Waals surface area contributed by atoms with E-state index in [4.69, 9.17) is 4.74 Å². The maximum atomic E-state index is 13.8. The number of ketones is 1. The van der Waals surface area contributed by atoms with E-state index < -0.39 is 17.7 Å². The van der Waals surface area contributed by atoms with E-state index in [9.17, 15) is 14.7 Å². The smallest absolute Gasteiger partial charge is 0.290 e. The number of benzene rings is 2. The summed E-state index contributed by atoms with van der Waals surface area (Å²) in [5.74, 6) is -0.641. The summed E-state index contributed by atoms with van der Waals surface area (Å²) in [6.45, 7) is 6.82. The Morgan fingerprint density at radius 2 is 1.79 bits per heavy atom. The molecular formula is C27H28N2O4S. The van der Waals surface area contributed by atoms with Crippen molar-refractivity contribution < 1.29 is 19.4 Å². The van der Waals surface area contributed by atoms with E-state index in [1.54, 1.807) is 11.8 Å². The Morgan fingerprint density at radius 1 is 1.09 bits per heavy atom. The van der Waals surface area contributed by atoms with Crippen molar-refractivity contribution in [1.82, 2.24) is 9.88 Å². The molecule has 0 spiro atoms. The van der Waals surface area contributed by atoms with Crippen LogP contribution in [-0.4, -0.2) is 39.8 Å². The number of amides is 1. The predicted octanol–water partition coefficient (Wildman–Crippen LogP) is 5.90. The van der Waals surface area contributed by atoms with Crippen LogP contribution in [0.2, 0.25) is 0 Å². The number of rotatable bonds is 9. The molecule has 2 aromatic carbocycles. The van der Waals surface area contributed by atoms with Crippen LogP contribution in [0.4, 0.5) is 0 Å². The molecule has 0 saturated heterocycles. The number of carbonyl (C=O) groups excluding carboxylic acids is 2. The lowest BCUT2D eigenvalue weighted by Gasteiger charge is -2.26. The number of nitrogens with zero attached hydrogens (tertiary/aromatic N) is 2. The van der Waals surface area contributed by atoms with Gasteiger partial charge in [0.25, 0.3) is 5.91 Å². The van der Waals surface area contributed by atoms with Crippen LogP contribution in [0.1, 0.15) is 53.7 Å². The number of hydrogen-bond donors (Lipinski definition) is 1. The van der Waals surface area contributed by atoms with Crippen molar-refractivity contribution >= 4 is 23.0 Å². The van der Waals surface area contributed by atoms with Gasteiger partial charge in [0.05, 0.1) is 28.8 Å². The summed E-state index contributed by atoms with van der Waals surface area (Å²) in [4.78, 5) is 33.3. The molecule has 1 amide bonds. The van der Waals surface area contributed by atoms with Crippen molar-refractivity contribution in [3.8, 4) is 16.3 Å². The van der Waals surface area contributed by atoms with Crippen molar-refractivity contribution in [2.45, 2.75) is 39.7 Å². The molecule has 0 bridgehead atoms. The Labute approximate surface area is 203 Å². The van der Waals surface area contributed by atoms with Gasteiger partial charge in [-0.25, -0.2) is 4.98 Å². The van der Waals surface area contributed by atoms with E-state index in [1.807, 2.05) is 68.4 Å². The highest BCUT2D eigenvalue weighted by Gasteiger charge is 2.44. The van der Waals surface area contributed by atoms with Gasteiger partial charge in [-0.3, -0.25) is 9.59 Å². The normalized spacial score (nSPS) is 15.8. The lowest BCUT2D eigenvalue weighted by atomic mass is 9.95. The van der Waals surface area contributed by atoms with Gasteiger partial charge in [-0.05, 0) is 37.5 Å². The Bertz CT molecular complexity index is 1220. The second-order valence-electron chi connectivity index (χ2n) is 8.21.